The first kappa shape index (κ1) is 12.5. The predicted molar refractivity (Wildman–Crippen MR) is 73.2 cm³/mol. The first-order valence-electron chi connectivity index (χ1n) is 4.94. The molecule has 17 heavy (non-hydrogen) atoms. The molecular weight excluding hydrogens is 276 g/mol. The van der Waals surface area contributed by atoms with Gasteiger partial charge >= 0.3 is 0 Å². The van der Waals surface area contributed by atoms with Gasteiger partial charge in [-0.15, -0.1) is 0 Å². The van der Waals surface area contributed by atoms with Crippen LogP contribution in [0.4, 0.5) is 0 Å². The van der Waals surface area contributed by atoms with Gasteiger partial charge in [0, 0.05) is 20.5 Å². The molecule has 0 fully saturated rings. The topological polar surface area (TPSA) is 34.1 Å². The maximum atomic E-state index is 11.7. The fourth-order valence-corrected chi connectivity index (χ4v) is 6.89. The first-order chi connectivity index (χ1) is 8.09. The highest BCUT2D eigenvalue weighted by atomic mass is 35.8. The largest absolute Gasteiger partial charge is 0.273 e. The SMILES string of the molecule is O=S(=O)(Cl)[SH](c1ccccc1)c1ccccc1. The third-order valence-electron chi connectivity index (χ3n) is 2.20. The molecule has 0 amide bonds. The molecule has 2 rings (SSSR count). The molecule has 0 saturated carbocycles. The van der Waals surface area contributed by atoms with Crippen molar-refractivity contribution in [2.45, 2.75) is 9.79 Å². The highest BCUT2D eigenvalue weighted by molar-refractivity contribution is 8.88. The van der Waals surface area contributed by atoms with Crippen molar-refractivity contribution >= 4 is 28.7 Å². The van der Waals surface area contributed by atoms with Gasteiger partial charge in [-0.1, -0.05) is 46.3 Å². The van der Waals surface area contributed by atoms with Gasteiger partial charge in [0.2, 0.25) is 0 Å². The number of halogens is 1. The molecule has 0 unspecified atom stereocenters. The van der Waals surface area contributed by atoms with E-state index in [0.29, 0.717) is 0 Å². The standard InChI is InChI=1S/C12H11ClO2S2/c13-17(14,15)16(11-7-3-1-4-8-11)12-9-5-2-6-10-12/h1-10,16H. The minimum atomic E-state index is -3.63. The average Bonchev–Trinajstić information content (AvgIpc) is 2.30. The van der Waals surface area contributed by atoms with Crippen LogP contribution in [-0.2, 0) is 8.08 Å². The van der Waals surface area contributed by atoms with Crippen LogP contribution in [-0.4, -0.2) is 8.42 Å². The summed E-state index contributed by atoms with van der Waals surface area (Å²) in [6.45, 7) is 0. The second-order valence-corrected chi connectivity index (χ2v) is 10.2. The summed E-state index contributed by atoms with van der Waals surface area (Å²) in [4.78, 5) is 1.48. The Labute approximate surface area is 107 Å². The van der Waals surface area contributed by atoms with Crippen molar-refractivity contribution in [3.63, 3.8) is 0 Å². The van der Waals surface area contributed by atoms with Crippen LogP contribution in [0.15, 0.2) is 70.5 Å². The molecule has 0 spiro atoms. The number of hydrogen-bond donors (Lipinski definition) is 1. The van der Waals surface area contributed by atoms with Gasteiger partial charge in [0.15, 0.2) is 0 Å². The molecule has 5 heteroatoms. The average molecular weight is 287 g/mol. The Kier molecular flexibility index (Phi) is 3.76. The van der Waals surface area contributed by atoms with Gasteiger partial charge < -0.3 is 0 Å². The molecule has 0 N–H and O–H groups in total. The molecule has 0 saturated heterocycles. The van der Waals surface area contributed by atoms with E-state index in [1.807, 2.05) is 36.4 Å². The molecule has 90 valence electrons. The molecule has 2 nitrogen and oxygen atoms in total. The summed E-state index contributed by atoms with van der Waals surface area (Å²) in [5.74, 6) is 0. The summed E-state index contributed by atoms with van der Waals surface area (Å²) in [7, 11) is 0.381. The molecule has 0 aliphatic carbocycles. The molecule has 0 radical (unpaired) electrons. The van der Waals surface area contributed by atoms with Crippen LogP contribution in [0.2, 0.25) is 0 Å². The number of rotatable bonds is 3. The Hall–Kier alpha value is -0.970. The van der Waals surface area contributed by atoms with Crippen LogP contribution < -0.4 is 0 Å². The van der Waals surface area contributed by atoms with Crippen LogP contribution >= 0.6 is 20.6 Å². The Morgan fingerprint density at radius 1 is 0.765 bits per heavy atom. The van der Waals surface area contributed by atoms with E-state index in [2.05, 4.69) is 0 Å². The van der Waals surface area contributed by atoms with Crippen molar-refractivity contribution in [3.05, 3.63) is 60.7 Å². The zero-order valence-corrected chi connectivity index (χ0v) is 11.3. The van der Waals surface area contributed by atoms with Crippen LogP contribution in [0.3, 0.4) is 0 Å². The summed E-state index contributed by atoms with van der Waals surface area (Å²) in [5.41, 5.74) is 0. The molecule has 0 atom stereocenters. The zero-order valence-electron chi connectivity index (χ0n) is 8.82. The molecule has 0 aliphatic heterocycles. The maximum Gasteiger partial charge on any atom is 0.273 e. The molecule has 0 aromatic heterocycles. The van der Waals surface area contributed by atoms with Crippen molar-refractivity contribution in [2.75, 3.05) is 0 Å². The van der Waals surface area contributed by atoms with Crippen molar-refractivity contribution < 1.29 is 8.42 Å². The Bertz CT molecular complexity index is 543. The van der Waals surface area contributed by atoms with Crippen LogP contribution in [0.1, 0.15) is 0 Å². The molecule has 2 aromatic rings. The lowest BCUT2D eigenvalue weighted by molar-refractivity contribution is 0.622. The number of hydrogen-bond acceptors (Lipinski definition) is 2. The van der Waals surface area contributed by atoms with E-state index in [4.69, 9.17) is 10.7 Å². The molecule has 0 aliphatic rings. The molecule has 0 heterocycles. The summed E-state index contributed by atoms with van der Waals surface area (Å²) >= 11 is 0. The summed E-state index contributed by atoms with van der Waals surface area (Å²) in [6, 6.07) is 18.1. The smallest absolute Gasteiger partial charge is 0.202 e. The maximum absolute atomic E-state index is 11.7. The fourth-order valence-electron chi connectivity index (χ4n) is 1.53. The lowest BCUT2D eigenvalue weighted by atomic mass is 10.4. The van der Waals surface area contributed by atoms with Gasteiger partial charge in [-0.2, -0.15) is 0 Å². The molecular formula is C12H11ClO2S2. The Morgan fingerprint density at radius 3 is 1.41 bits per heavy atom. The van der Waals surface area contributed by atoms with E-state index in [9.17, 15) is 8.42 Å². The fraction of sp³-hybridized carbons (Fsp3) is 0. The monoisotopic (exact) mass is 286 g/mol. The van der Waals surface area contributed by atoms with Gasteiger partial charge in [0.05, 0.1) is 0 Å². The molecule has 2 aromatic carbocycles. The van der Waals surface area contributed by atoms with Crippen molar-refractivity contribution in [1.82, 2.24) is 0 Å². The zero-order chi connectivity index (χ0) is 12.3. The Balaban J connectivity index is 2.56. The second kappa shape index (κ2) is 5.12. The summed E-state index contributed by atoms with van der Waals surface area (Å²) in [6.07, 6.45) is 0. The normalized spacial score (nSPS) is 12.2. The minimum absolute atomic E-state index is 0.740. The summed E-state index contributed by atoms with van der Waals surface area (Å²) < 4.78 is 23.5. The van der Waals surface area contributed by atoms with Crippen molar-refractivity contribution in [1.29, 1.82) is 0 Å². The predicted octanol–water partition coefficient (Wildman–Crippen LogP) is 3.59. The molecule has 0 bridgehead atoms. The van der Waals surface area contributed by atoms with E-state index in [1.165, 1.54) is 0 Å². The highest BCUT2D eigenvalue weighted by Gasteiger charge is 2.22. The van der Waals surface area contributed by atoms with E-state index in [1.54, 1.807) is 24.3 Å². The number of thiol groups is 1. The highest BCUT2D eigenvalue weighted by Crippen LogP contribution is 2.51. The van der Waals surface area contributed by atoms with Gasteiger partial charge in [-0.3, -0.25) is 0 Å². The van der Waals surface area contributed by atoms with Crippen LogP contribution in [0.25, 0.3) is 0 Å². The second-order valence-electron chi connectivity index (χ2n) is 3.38. The van der Waals surface area contributed by atoms with Gasteiger partial charge in [0.1, 0.15) is 0 Å². The van der Waals surface area contributed by atoms with Gasteiger partial charge in [-0.05, 0) is 24.3 Å². The van der Waals surface area contributed by atoms with Gasteiger partial charge in [-0.25, -0.2) is 8.42 Å². The van der Waals surface area contributed by atoms with Crippen molar-refractivity contribution in [3.8, 4) is 0 Å². The quantitative estimate of drug-likeness (QED) is 0.531. The first-order valence-corrected chi connectivity index (χ1v) is 9.19. The Morgan fingerprint density at radius 2 is 1.12 bits per heavy atom. The lowest BCUT2D eigenvalue weighted by Gasteiger charge is -2.18. The third-order valence-corrected chi connectivity index (χ3v) is 7.99. The van der Waals surface area contributed by atoms with E-state index in [-0.39, 0.29) is 0 Å². The van der Waals surface area contributed by atoms with E-state index < -0.39 is 18.0 Å². The lowest BCUT2D eigenvalue weighted by Crippen LogP contribution is -1.94. The van der Waals surface area contributed by atoms with Gasteiger partial charge in [0.25, 0.3) is 8.08 Å². The van der Waals surface area contributed by atoms with Crippen LogP contribution in [0.5, 0.6) is 0 Å². The van der Waals surface area contributed by atoms with E-state index in [0.717, 1.165) is 9.79 Å². The minimum Gasteiger partial charge on any atom is -0.202 e. The summed E-state index contributed by atoms with van der Waals surface area (Å²) in [5, 5.41) is 0. The van der Waals surface area contributed by atoms with Crippen LogP contribution in [0, 0.1) is 0 Å². The third kappa shape index (κ3) is 3.03. The number of benzene rings is 2. The van der Waals surface area contributed by atoms with E-state index >= 15 is 0 Å². The van der Waals surface area contributed by atoms with Crippen molar-refractivity contribution in [2.24, 2.45) is 0 Å².